The molecule has 1 fully saturated rings. The zero-order chi connectivity index (χ0) is 16.1. The lowest BCUT2D eigenvalue weighted by atomic mass is 9.90. The Morgan fingerprint density at radius 3 is 2.96 bits per heavy atom. The van der Waals surface area contributed by atoms with E-state index < -0.39 is 0 Å². The van der Waals surface area contributed by atoms with Gasteiger partial charge >= 0.3 is 0 Å². The van der Waals surface area contributed by atoms with E-state index in [1.165, 1.54) is 19.3 Å². The van der Waals surface area contributed by atoms with Crippen LogP contribution in [0.5, 0.6) is 0 Å². The van der Waals surface area contributed by atoms with E-state index in [1.54, 1.807) is 0 Å². The third kappa shape index (κ3) is 3.97. The Balaban J connectivity index is 1.51. The fourth-order valence-electron chi connectivity index (χ4n) is 3.39. The molecule has 23 heavy (non-hydrogen) atoms. The molecular weight excluding hydrogens is 292 g/mol. The monoisotopic (exact) mass is 318 g/mol. The highest BCUT2D eigenvalue weighted by atomic mass is 16.3. The van der Waals surface area contributed by atoms with Crippen molar-refractivity contribution in [2.75, 3.05) is 6.54 Å². The van der Waals surface area contributed by atoms with E-state index in [-0.39, 0.29) is 6.61 Å². The van der Waals surface area contributed by atoms with Crippen LogP contribution in [0, 0.1) is 6.92 Å². The van der Waals surface area contributed by atoms with E-state index >= 15 is 0 Å². The van der Waals surface area contributed by atoms with Gasteiger partial charge in [0, 0.05) is 25.0 Å². The third-order valence-electron chi connectivity index (χ3n) is 4.69. The third-order valence-corrected chi connectivity index (χ3v) is 4.69. The molecule has 7 nitrogen and oxygen atoms in total. The summed E-state index contributed by atoms with van der Waals surface area (Å²) >= 11 is 0. The lowest BCUT2D eigenvalue weighted by molar-refractivity contribution is 0.242. The molecule has 7 heteroatoms. The Bertz CT molecular complexity index is 607. The first-order valence-corrected chi connectivity index (χ1v) is 8.50. The van der Waals surface area contributed by atoms with E-state index in [0.717, 1.165) is 31.8 Å². The van der Waals surface area contributed by atoms with Crippen LogP contribution in [0.15, 0.2) is 18.6 Å². The maximum atomic E-state index is 9.16. The first kappa shape index (κ1) is 16.1. The Kier molecular flexibility index (Phi) is 5.40. The van der Waals surface area contributed by atoms with E-state index in [1.807, 2.05) is 30.2 Å². The zero-order valence-electron chi connectivity index (χ0n) is 13.7. The van der Waals surface area contributed by atoms with Gasteiger partial charge in [-0.05, 0) is 32.7 Å². The topological polar surface area (TPSA) is 80.8 Å². The molecule has 2 aromatic heterocycles. The number of nitrogens with one attached hydrogen (secondary N) is 1. The quantitative estimate of drug-likeness (QED) is 0.755. The summed E-state index contributed by atoms with van der Waals surface area (Å²) in [5.74, 6) is 1.07. The standard InChI is InChI=1S/C16H26N6O/c1-13-17-8-10-21(13)9-4-7-18-15-5-2-3-6-16(15)22-11-14(12-23)19-20-22/h8,10-11,15-16,18,23H,2-7,9,12H2,1H3/t15-,16+/m0/s1. The maximum Gasteiger partial charge on any atom is 0.108 e. The predicted octanol–water partition coefficient (Wildman–Crippen LogP) is 1.44. The summed E-state index contributed by atoms with van der Waals surface area (Å²) in [5.41, 5.74) is 0.643. The number of imidazole rings is 1. The van der Waals surface area contributed by atoms with Gasteiger partial charge in [-0.25, -0.2) is 9.67 Å². The highest BCUT2D eigenvalue weighted by molar-refractivity contribution is 4.94. The highest BCUT2D eigenvalue weighted by Gasteiger charge is 2.27. The number of hydrogen-bond donors (Lipinski definition) is 2. The fourth-order valence-corrected chi connectivity index (χ4v) is 3.39. The predicted molar refractivity (Wildman–Crippen MR) is 86.8 cm³/mol. The number of aliphatic hydroxyl groups excluding tert-OH is 1. The summed E-state index contributed by atoms with van der Waals surface area (Å²) in [7, 11) is 0. The number of aliphatic hydroxyl groups is 1. The van der Waals surface area contributed by atoms with Crippen LogP contribution >= 0.6 is 0 Å². The number of aryl methyl sites for hydroxylation is 2. The molecule has 1 aliphatic rings. The lowest BCUT2D eigenvalue weighted by Gasteiger charge is -2.32. The molecule has 1 aliphatic carbocycles. The van der Waals surface area contributed by atoms with Gasteiger partial charge in [-0.2, -0.15) is 0 Å². The minimum Gasteiger partial charge on any atom is -0.390 e. The molecule has 0 unspecified atom stereocenters. The van der Waals surface area contributed by atoms with Crippen molar-refractivity contribution in [3.8, 4) is 0 Å². The molecule has 3 rings (SSSR count). The molecule has 0 aromatic carbocycles. The van der Waals surface area contributed by atoms with Crippen LogP contribution in [0.1, 0.15) is 49.7 Å². The van der Waals surface area contributed by atoms with Crippen molar-refractivity contribution >= 4 is 0 Å². The highest BCUT2D eigenvalue weighted by Crippen LogP contribution is 2.28. The average Bonchev–Trinajstić information content (AvgIpc) is 3.21. The van der Waals surface area contributed by atoms with Gasteiger partial charge < -0.3 is 15.0 Å². The summed E-state index contributed by atoms with van der Waals surface area (Å²) < 4.78 is 4.12. The van der Waals surface area contributed by atoms with Crippen LogP contribution in [-0.2, 0) is 13.2 Å². The summed E-state index contributed by atoms with van der Waals surface area (Å²) in [4.78, 5) is 4.25. The van der Waals surface area contributed by atoms with Crippen molar-refractivity contribution in [3.63, 3.8) is 0 Å². The van der Waals surface area contributed by atoms with Crippen LogP contribution in [0.2, 0.25) is 0 Å². The van der Waals surface area contributed by atoms with Gasteiger partial charge in [-0.1, -0.05) is 18.1 Å². The summed E-state index contributed by atoms with van der Waals surface area (Å²) in [5, 5.41) is 21.1. The Hall–Kier alpha value is -1.73. The molecule has 126 valence electrons. The van der Waals surface area contributed by atoms with Gasteiger partial charge in [-0.3, -0.25) is 0 Å². The van der Waals surface area contributed by atoms with Gasteiger partial charge in [-0.15, -0.1) is 5.10 Å². The summed E-state index contributed by atoms with van der Waals surface area (Å²) in [6.07, 6.45) is 11.6. The van der Waals surface area contributed by atoms with Crippen molar-refractivity contribution in [1.82, 2.24) is 29.9 Å². The number of hydrogen-bond acceptors (Lipinski definition) is 5. The summed E-state index contributed by atoms with van der Waals surface area (Å²) in [6.45, 7) is 3.97. The van der Waals surface area contributed by atoms with Crippen LogP contribution in [0.25, 0.3) is 0 Å². The van der Waals surface area contributed by atoms with E-state index in [9.17, 15) is 0 Å². The molecule has 0 spiro atoms. The maximum absolute atomic E-state index is 9.16. The van der Waals surface area contributed by atoms with Gasteiger partial charge in [0.05, 0.1) is 18.8 Å². The summed E-state index contributed by atoms with van der Waals surface area (Å²) in [6, 6.07) is 0.771. The van der Waals surface area contributed by atoms with Crippen LogP contribution < -0.4 is 5.32 Å². The minimum absolute atomic E-state index is 0.0466. The largest absolute Gasteiger partial charge is 0.390 e. The smallest absolute Gasteiger partial charge is 0.108 e. The van der Waals surface area contributed by atoms with Crippen molar-refractivity contribution in [2.45, 2.75) is 64.3 Å². The molecule has 2 heterocycles. The van der Waals surface area contributed by atoms with Crippen LogP contribution in [0.3, 0.4) is 0 Å². The first-order valence-electron chi connectivity index (χ1n) is 8.50. The molecule has 0 saturated heterocycles. The normalized spacial score (nSPS) is 21.7. The fraction of sp³-hybridized carbons (Fsp3) is 0.688. The van der Waals surface area contributed by atoms with Crippen molar-refractivity contribution in [3.05, 3.63) is 30.1 Å². The second kappa shape index (κ2) is 7.70. The second-order valence-electron chi connectivity index (χ2n) is 6.28. The molecule has 2 atom stereocenters. The van der Waals surface area contributed by atoms with E-state index in [4.69, 9.17) is 5.11 Å². The van der Waals surface area contributed by atoms with Gasteiger partial charge in [0.1, 0.15) is 11.5 Å². The molecule has 0 radical (unpaired) electrons. The van der Waals surface area contributed by atoms with Gasteiger partial charge in [0.2, 0.25) is 0 Å². The second-order valence-corrected chi connectivity index (χ2v) is 6.28. The Morgan fingerprint density at radius 2 is 2.22 bits per heavy atom. The number of aromatic nitrogens is 5. The van der Waals surface area contributed by atoms with Crippen molar-refractivity contribution < 1.29 is 5.11 Å². The van der Waals surface area contributed by atoms with Crippen LogP contribution in [-0.4, -0.2) is 42.2 Å². The number of rotatable bonds is 7. The van der Waals surface area contributed by atoms with Crippen molar-refractivity contribution in [2.24, 2.45) is 0 Å². The molecule has 1 saturated carbocycles. The SMILES string of the molecule is Cc1nccn1CCCN[C@H]1CCCC[C@H]1n1cc(CO)nn1. The zero-order valence-corrected chi connectivity index (χ0v) is 13.7. The van der Waals surface area contributed by atoms with Crippen molar-refractivity contribution in [1.29, 1.82) is 0 Å². The van der Waals surface area contributed by atoms with Gasteiger partial charge in [0.25, 0.3) is 0 Å². The molecule has 2 N–H and O–H groups in total. The molecular formula is C16H26N6O. The lowest BCUT2D eigenvalue weighted by Crippen LogP contribution is -2.40. The Labute approximate surface area is 136 Å². The average molecular weight is 318 g/mol. The molecule has 0 amide bonds. The molecule has 0 bridgehead atoms. The molecule has 2 aromatic rings. The van der Waals surface area contributed by atoms with E-state index in [2.05, 4.69) is 25.2 Å². The molecule has 0 aliphatic heterocycles. The van der Waals surface area contributed by atoms with Gasteiger partial charge in [0.15, 0.2) is 0 Å². The Morgan fingerprint density at radius 1 is 1.35 bits per heavy atom. The number of nitrogens with zero attached hydrogens (tertiary/aromatic N) is 5. The first-order chi connectivity index (χ1) is 11.3. The van der Waals surface area contributed by atoms with Crippen LogP contribution in [0.4, 0.5) is 0 Å². The minimum atomic E-state index is -0.0466. The van der Waals surface area contributed by atoms with E-state index in [0.29, 0.717) is 17.8 Å².